The Labute approximate surface area is 214 Å². The molecule has 5 rings (SSSR count). The molecule has 1 aromatic heterocycles. The summed E-state index contributed by atoms with van der Waals surface area (Å²) in [7, 11) is 3.96. The number of hydrogen-bond acceptors (Lipinski definition) is 6. The molecule has 0 saturated heterocycles. The summed E-state index contributed by atoms with van der Waals surface area (Å²) in [5.74, 6) is -0.975. The van der Waals surface area contributed by atoms with Crippen LogP contribution in [0.3, 0.4) is 0 Å². The minimum absolute atomic E-state index is 0.0971. The number of benzene rings is 3. The molecule has 0 bridgehead atoms. The quantitative estimate of drug-likeness (QED) is 0.363. The van der Waals surface area contributed by atoms with Gasteiger partial charge in [0.25, 0.3) is 11.8 Å². The number of carbonyl (C=O) groups is 2. The molecule has 37 heavy (non-hydrogen) atoms. The van der Waals surface area contributed by atoms with Gasteiger partial charge in [-0.25, -0.2) is 0 Å². The molecule has 186 valence electrons. The lowest BCUT2D eigenvalue weighted by Crippen LogP contribution is -2.23. The fourth-order valence-electron chi connectivity index (χ4n) is 4.42. The van der Waals surface area contributed by atoms with Gasteiger partial charge < -0.3 is 14.9 Å². The maximum absolute atomic E-state index is 13.0. The molecule has 0 fully saturated rings. The van der Waals surface area contributed by atoms with Gasteiger partial charge in [-0.15, -0.1) is 0 Å². The molecule has 3 aromatic carbocycles. The van der Waals surface area contributed by atoms with Crippen molar-refractivity contribution in [1.82, 2.24) is 15.1 Å². The number of imide groups is 1. The van der Waals surface area contributed by atoms with E-state index in [0.29, 0.717) is 5.69 Å². The van der Waals surface area contributed by atoms with E-state index >= 15 is 0 Å². The summed E-state index contributed by atoms with van der Waals surface area (Å²) in [4.78, 5) is 29.9. The van der Waals surface area contributed by atoms with Crippen molar-refractivity contribution < 1.29 is 14.7 Å². The smallest absolute Gasteiger partial charge is 0.261 e. The third kappa shape index (κ3) is 4.62. The first kappa shape index (κ1) is 24.0. The van der Waals surface area contributed by atoms with Crippen LogP contribution in [0.25, 0.3) is 16.5 Å². The zero-order valence-electron chi connectivity index (χ0n) is 20.6. The SMILES string of the molecule is CN(C)c1cccc(N(/C=C/C2=C(c3nn(CCO)c4ccccc34)C(=O)NC2=O)c2ccccc2)c1. The second-order valence-electron chi connectivity index (χ2n) is 8.82. The largest absolute Gasteiger partial charge is 0.394 e. The number of aromatic nitrogens is 2. The zero-order chi connectivity index (χ0) is 25.9. The lowest BCUT2D eigenvalue weighted by molar-refractivity contribution is -0.123. The summed E-state index contributed by atoms with van der Waals surface area (Å²) >= 11 is 0. The van der Waals surface area contributed by atoms with E-state index in [4.69, 9.17) is 0 Å². The number of fused-ring (bicyclic) bond motifs is 1. The van der Waals surface area contributed by atoms with Gasteiger partial charge in [-0.3, -0.25) is 19.6 Å². The highest BCUT2D eigenvalue weighted by molar-refractivity contribution is 6.38. The fraction of sp³-hybridized carbons (Fsp3) is 0.138. The number of anilines is 3. The zero-order valence-corrected chi connectivity index (χ0v) is 20.6. The predicted molar refractivity (Wildman–Crippen MR) is 145 cm³/mol. The highest BCUT2D eigenvalue weighted by Crippen LogP contribution is 2.32. The van der Waals surface area contributed by atoms with Crippen LogP contribution in [0.15, 0.2) is 96.7 Å². The average molecular weight is 494 g/mol. The molecule has 2 N–H and O–H groups in total. The normalized spacial score (nSPS) is 13.6. The monoisotopic (exact) mass is 493 g/mol. The summed E-state index contributed by atoms with van der Waals surface area (Å²) in [6.07, 6.45) is 3.45. The van der Waals surface area contributed by atoms with Crippen molar-refractivity contribution in [3.05, 3.63) is 102 Å². The van der Waals surface area contributed by atoms with Crippen LogP contribution in [0.5, 0.6) is 0 Å². The number of para-hydroxylation sites is 2. The molecule has 4 aromatic rings. The van der Waals surface area contributed by atoms with Gasteiger partial charge in [0.1, 0.15) is 5.69 Å². The first-order chi connectivity index (χ1) is 18.0. The van der Waals surface area contributed by atoms with Gasteiger partial charge in [0.2, 0.25) is 0 Å². The number of aliphatic hydroxyl groups excluding tert-OH is 1. The van der Waals surface area contributed by atoms with Gasteiger partial charge in [0, 0.05) is 42.7 Å². The molecule has 8 nitrogen and oxygen atoms in total. The molecule has 1 aliphatic rings. The van der Waals surface area contributed by atoms with Crippen molar-refractivity contribution in [2.45, 2.75) is 6.54 Å². The van der Waals surface area contributed by atoms with Crippen LogP contribution in [0.4, 0.5) is 17.1 Å². The summed E-state index contributed by atoms with van der Waals surface area (Å²) in [6, 6.07) is 25.3. The summed E-state index contributed by atoms with van der Waals surface area (Å²) in [5.41, 5.74) is 4.46. The van der Waals surface area contributed by atoms with E-state index in [1.165, 1.54) is 0 Å². The third-order valence-electron chi connectivity index (χ3n) is 6.22. The van der Waals surface area contributed by atoms with E-state index < -0.39 is 11.8 Å². The van der Waals surface area contributed by atoms with Crippen LogP contribution in [-0.2, 0) is 16.1 Å². The highest BCUT2D eigenvalue weighted by Gasteiger charge is 2.33. The summed E-state index contributed by atoms with van der Waals surface area (Å²) in [6.45, 7) is 0.179. The first-order valence-electron chi connectivity index (χ1n) is 11.9. The van der Waals surface area contributed by atoms with Crippen molar-refractivity contribution in [1.29, 1.82) is 0 Å². The van der Waals surface area contributed by atoms with Crippen LogP contribution < -0.4 is 15.1 Å². The number of hydrogen-bond donors (Lipinski definition) is 2. The number of nitrogens with one attached hydrogen (secondary N) is 1. The van der Waals surface area contributed by atoms with Crippen LogP contribution in [0.2, 0.25) is 0 Å². The van der Waals surface area contributed by atoms with Crippen LogP contribution in [0, 0.1) is 0 Å². The van der Waals surface area contributed by atoms with Crippen molar-refractivity contribution >= 4 is 45.4 Å². The molecule has 1 aliphatic heterocycles. The second-order valence-corrected chi connectivity index (χ2v) is 8.82. The molecule has 0 saturated carbocycles. The van der Waals surface area contributed by atoms with Gasteiger partial charge in [-0.2, -0.15) is 5.10 Å². The minimum atomic E-state index is -0.495. The average Bonchev–Trinajstić information content (AvgIpc) is 3.40. The van der Waals surface area contributed by atoms with E-state index in [-0.39, 0.29) is 24.3 Å². The summed E-state index contributed by atoms with van der Waals surface area (Å²) in [5, 5.41) is 17.3. The Morgan fingerprint density at radius 1 is 0.892 bits per heavy atom. The molecule has 0 spiro atoms. The van der Waals surface area contributed by atoms with Crippen molar-refractivity contribution in [3.63, 3.8) is 0 Å². The van der Waals surface area contributed by atoms with Gasteiger partial charge >= 0.3 is 0 Å². The number of rotatable bonds is 8. The molecular weight excluding hydrogens is 466 g/mol. The molecule has 0 radical (unpaired) electrons. The standard InChI is InChI=1S/C29H27N5O3/c1-32(2)21-11-8-12-22(19-21)33(20-9-4-3-5-10-20)16-15-24-26(29(37)30-28(24)36)27-23-13-6-7-14-25(23)34(31-27)17-18-35/h3-16,19,35H,17-18H2,1-2H3,(H,30,36,37)/b16-15+. The van der Waals surface area contributed by atoms with E-state index in [1.807, 2.05) is 96.7 Å². The Morgan fingerprint density at radius 2 is 1.59 bits per heavy atom. The highest BCUT2D eigenvalue weighted by atomic mass is 16.3. The Kier molecular flexibility index (Phi) is 6.57. The molecule has 8 heteroatoms. The maximum Gasteiger partial charge on any atom is 0.261 e. The van der Waals surface area contributed by atoms with E-state index in [2.05, 4.69) is 16.5 Å². The lowest BCUT2D eigenvalue weighted by Gasteiger charge is -2.23. The first-order valence-corrected chi connectivity index (χ1v) is 11.9. The number of amides is 2. The van der Waals surface area contributed by atoms with E-state index in [1.54, 1.807) is 17.0 Å². The van der Waals surface area contributed by atoms with Crippen molar-refractivity contribution in [3.8, 4) is 0 Å². The van der Waals surface area contributed by atoms with Gasteiger partial charge in [-0.1, -0.05) is 42.5 Å². The van der Waals surface area contributed by atoms with Crippen LogP contribution >= 0.6 is 0 Å². The molecule has 2 heterocycles. The van der Waals surface area contributed by atoms with Crippen LogP contribution in [0.1, 0.15) is 5.69 Å². The van der Waals surface area contributed by atoms with Gasteiger partial charge in [0.05, 0.1) is 29.8 Å². The van der Waals surface area contributed by atoms with Gasteiger partial charge in [0.15, 0.2) is 0 Å². The van der Waals surface area contributed by atoms with Crippen molar-refractivity contribution in [2.75, 3.05) is 30.5 Å². The van der Waals surface area contributed by atoms with Crippen molar-refractivity contribution in [2.24, 2.45) is 0 Å². The molecule has 0 aliphatic carbocycles. The third-order valence-corrected chi connectivity index (χ3v) is 6.22. The molecule has 2 amide bonds. The molecule has 0 unspecified atom stereocenters. The van der Waals surface area contributed by atoms with Crippen LogP contribution in [-0.4, -0.2) is 47.4 Å². The molecule has 0 atom stereocenters. The fourth-order valence-corrected chi connectivity index (χ4v) is 4.42. The predicted octanol–water partition coefficient (Wildman–Crippen LogP) is 3.86. The van der Waals surface area contributed by atoms with E-state index in [0.717, 1.165) is 28.0 Å². The lowest BCUT2D eigenvalue weighted by atomic mass is 10.0. The van der Waals surface area contributed by atoms with Gasteiger partial charge in [-0.05, 0) is 42.5 Å². The Balaban J connectivity index is 1.64. The molecular formula is C29H27N5O3. The Hall–Kier alpha value is -4.69. The second kappa shape index (κ2) is 10.1. The Bertz CT molecular complexity index is 1540. The Morgan fingerprint density at radius 3 is 2.35 bits per heavy atom. The summed E-state index contributed by atoms with van der Waals surface area (Å²) < 4.78 is 1.65. The minimum Gasteiger partial charge on any atom is -0.394 e. The number of nitrogens with zero attached hydrogens (tertiary/aromatic N) is 4. The maximum atomic E-state index is 13.0. The van der Waals surface area contributed by atoms with E-state index in [9.17, 15) is 14.7 Å². The topological polar surface area (TPSA) is 90.7 Å². The number of aliphatic hydroxyl groups is 1. The number of carbonyl (C=O) groups excluding carboxylic acids is 2.